The van der Waals surface area contributed by atoms with Crippen LogP contribution < -0.4 is 15.4 Å². The van der Waals surface area contributed by atoms with Gasteiger partial charge in [-0.2, -0.15) is 0 Å². The van der Waals surface area contributed by atoms with Crippen LogP contribution in [0.25, 0.3) is 0 Å². The molecule has 0 aliphatic heterocycles. The molecule has 0 aromatic heterocycles. The SMILES string of the molecule is CC[C@H](C)c1ccccc1NC(=O)[C@@H](C)[NH2+][C@@H](C)c1ccccc1OC. The lowest BCUT2D eigenvalue weighted by Crippen LogP contribution is -2.91. The average molecular weight is 356 g/mol. The maximum absolute atomic E-state index is 12.7. The van der Waals surface area contributed by atoms with Gasteiger partial charge in [0.25, 0.3) is 5.91 Å². The van der Waals surface area contributed by atoms with Crippen molar-refractivity contribution in [3.05, 3.63) is 59.7 Å². The van der Waals surface area contributed by atoms with Crippen LogP contribution in [0.15, 0.2) is 48.5 Å². The summed E-state index contributed by atoms with van der Waals surface area (Å²) in [4.78, 5) is 12.7. The number of carbonyl (C=O) groups excluding carboxylic acids is 1. The lowest BCUT2D eigenvalue weighted by Gasteiger charge is -2.20. The van der Waals surface area contributed by atoms with E-state index in [1.165, 1.54) is 5.56 Å². The molecule has 2 rings (SSSR count). The first-order valence-electron chi connectivity index (χ1n) is 9.35. The minimum atomic E-state index is -0.208. The minimum absolute atomic E-state index is 0.0162. The number of amides is 1. The number of carbonyl (C=O) groups is 1. The number of hydrogen-bond donors (Lipinski definition) is 2. The standard InChI is InChI=1S/C22H30N2O2/c1-6-15(2)18-11-7-9-13-20(18)24-22(25)17(4)23-16(3)19-12-8-10-14-21(19)26-5/h7-17,23H,6H2,1-5H3,(H,24,25)/p+1/t15-,16-,17+/m0/s1. The molecule has 4 nitrogen and oxygen atoms in total. The van der Waals surface area contributed by atoms with Crippen LogP contribution in [-0.2, 0) is 4.79 Å². The Kier molecular flexibility index (Phi) is 7.22. The first-order valence-corrected chi connectivity index (χ1v) is 9.35. The van der Waals surface area contributed by atoms with E-state index in [2.05, 4.69) is 37.5 Å². The molecule has 0 aliphatic carbocycles. The highest BCUT2D eigenvalue weighted by Gasteiger charge is 2.23. The van der Waals surface area contributed by atoms with E-state index >= 15 is 0 Å². The molecule has 3 atom stereocenters. The summed E-state index contributed by atoms with van der Waals surface area (Å²) in [5.41, 5.74) is 3.19. The Hall–Kier alpha value is -2.33. The van der Waals surface area contributed by atoms with Crippen molar-refractivity contribution in [2.75, 3.05) is 12.4 Å². The second-order valence-corrected chi connectivity index (χ2v) is 6.90. The topological polar surface area (TPSA) is 54.9 Å². The zero-order chi connectivity index (χ0) is 19.1. The van der Waals surface area contributed by atoms with Crippen molar-refractivity contribution in [2.45, 2.75) is 52.1 Å². The molecule has 0 unspecified atom stereocenters. The van der Waals surface area contributed by atoms with Crippen molar-refractivity contribution >= 4 is 11.6 Å². The van der Waals surface area contributed by atoms with Gasteiger partial charge in [-0.3, -0.25) is 4.79 Å². The summed E-state index contributed by atoms with van der Waals surface area (Å²) in [6, 6.07) is 15.9. The molecule has 0 fully saturated rings. The number of methoxy groups -OCH3 is 1. The molecule has 2 aromatic carbocycles. The lowest BCUT2D eigenvalue weighted by molar-refractivity contribution is -0.709. The van der Waals surface area contributed by atoms with Crippen LogP contribution in [0.1, 0.15) is 57.2 Å². The van der Waals surface area contributed by atoms with Gasteiger partial charge in [0.1, 0.15) is 11.8 Å². The Morgan fingerprint density at radius 3 is 2.31 bits per heavy atom. The first-order chi connectivity index (χ1) is 12.5. The number of nitrogens with two attached hydrogens (primary N) is 1. The van der Waals surface area contributed by atoms with Gasteiger partial charge in [-0.1, -0.05) is 44.2 Å². The van der Waals surface area contributed by atoms with Crippen LogP contribution >= 0.6 is 0 Å². The molecule has 0 radical (unpaired) electrons. The van der Waals surface area contributed by atoms with Crippen LogP contribution in [0.2, 0.25) is 0 Å². The van der Waals surface area contributed by atoms with E-state index < -0.39 is 0 Å². The van der Waals surface area contributed by atoms with Crippen LogP contribution in [0.5, 0.6) is 5.75 Å². The summed E-state index contributed by atoms with van der Waals surface area (Å²) in [7, 11) is 1.67. The Labute approximate surface area is 157 Å². The Bertz CT molecular complexity index is 730. The van der Waals surface area contributed by atoms with Gasteiger partial charge < -0.3 is 15.4 Å². The molecule has 0 spiro atoms. The third-order valence-corrected chi connectivity index (χ3v) is 4.98. The quantitative estimate of drug-likeness (QED) is 0.755. The first kappa shape index (κ1) is 20.0. The van der Waals surface area contributed by atoms with E-state index in [-0.39, 0.29) is 18.0 Å². The Morgan fingerprint density at radius 1 is 1.04 bits per heavy atom. The molecule has 3 N–H and O–H groups in total. The molecule has 0 heterocycles. The van der Waals surface area contributed by atoms with Crippen LogP contribution in [0.3, 0.4) is 0 Å². The van der Waals surface area contributed by atoms with Crippen molar-refractivity contribution in [3.63, 3.8) is 0 Å². The summed E-state index contributed by atoms with van der Waals surface area (Å²) in [5.74, 6) is 1.28. The van der Waals surface area contributed by atoms with Crippen molar-refractivity contribution in [1.82, 2.24) is 0 Å². The third-order valence-electron chi connectivity index (χ3n) is 4.98. The zero-order valence-electron chi connectivity index (χ0n) is 16.5. The Morgan fingerprint density at radius 2 is 1.65 bits per heavy atom. The van der Waals surface area contributed by atoms with Crippen LogP contribution in [0.4, 0.5) is 5.69 Å². The molecule has 1 amide bonds. The number of quaternary nitrogens is 1. The summed E-state index contributed by atoms with van der Waals surface area (Å²) >= 11 is 0. The van der Waals surface area contributed by atoms with E-state index in [0.717, 1.165) is 23.4 Å². The molecule has 0 saturated carbocycles. The normalized spacial score (nSPS) is 14.3. The summed E-state index contributed by atoms with van der Waals surface area (Å²) < 4.78 is 5.44. The van der Waals surface area contributed by atoms with E-state index in [1.54, 1.807) is 7.11 Å². The molecule has 0 aliphatic rings. The lowest BCUT2D eigenvalue weighted by atomic mass is 9.97. The van der Waals surface area contributed by atoms with Gasteiger partial charge in [0, 0.05) is 5.69 Å². The molecule has 4 heteroatoms. The number of para-hydroxylation sites is 2. The highest BCUT2D eigenvalue weighted by atomic mass is 16.5. The van der Waals surface area contributed by atoms with Crippen molar-refractivity contribution in [3.8, 4) is 5.75 Å². The van der Waals surface area contributed by atoms with Crippen LogP contribution in [0, 0.1) is 0 Å². The largest absolute Gasteiger partial charge is 0.496 e. The molecule has 0 saturated heterocycles. The van der Waals surface area contributed by atoms with Gasteiger partial charge in [0.15, 0.2) is 6.04 Å². The summed E-state index contributed by atoms with van der Waals surface area (Å²) in [5, 5.41) is 5.18. The number of nitrogens with one attached hydrogen (secondary N) is 1. The van der Waals surface area contributed by atoms with Gasteiger partial charge >= 0.3 is 0 Å². The zero-order valence-corrected chi connectivity index (χ0v) is 16.5. The number of rotatable bonds is 8. The Balaban J connectivity index is 2.06. The maximum atomic E-state index is 12.7. The van der Waals surface area contributed by atoms with E-state index in [9.17, 15) is 4.79 Å². The van der Waals surface area contributed by atoms with Crippen molar-refractivity contribution < 1.29 is 14.8 Å². The second-order valence-electron chi connectivity index (χ2n) is 6.90. The molecular formula is C22H31N2O2+. The van der Waals surface area contributed by atoms with Crippen LogP contribution in [-0.4, -0.2) is 19.1 Å². The summed E-state index contributed by atoms with van der Waals surface area (Å²) in [6.45, 7) is 8.38. The minimum Gasteiger partial charge on any atom is -0.496 e. The summed E-state index contributed by atoms with van der Waals surface area (Å²) in [6.07, 6.45) is 1.04. The monoisotopic (exact) mass is 355 g/mol. The fraction of sp³-hybridized carbons (Fsp3) is 0.409. The van der Waals surface area contributed by atoms with Crippen molar-refractivity contribution in [2.24, 2.45) is 0 Å². The fourth-order valence-corrected chi connectivity index (χ4v) is 3.17. The molecule has 140 valence electrons. The highest BCUT2D eigenvalue weighted by molar-refractivity contribution is 5.94. The predicted molar refractivity (Wildman–Crippen MR) is 107 cm³/mol. The number of ether oxygens (including phenoxy) is 1. The number of hydrogen-bond acceptors (Lipinski definition) is 2. The van der Waals surface area contributed by atoms with E-state index in [4.69, 9.17) is 4.74 Å². The third kappa shape index (κ3) is 4.85. The van der Waals surface area contributed by atoms with Gasteiger partial charge in [-0.25, -0.2) is 0 Å². The number of anilines is 1. The van der Waals surface area contributed by atoms with E-state index in [0.29, 0.717) is 5.92 Å². The van der Waals surface area contributed by atoms with Gasteiger partial charge in [-0.15, -0.1) is 0 Å². The van der Waals surface area contributed by atoms with Gasteiger partial charge in [-0.05, 0) is 49.9 Å². The molecule has 2 aromatic rings. The van der Waals surface area contributed by atoms with Gasteiger partial charge in [0.2, 0.25) is 0 Å². The predicted octanol–water partition coefficient (Wildman–Crippen LogP) is 3.86. The smallest absolute Gasteiger partial charge is 0.282 e. The van der Waals surface area contributed by atoms with E-state index in [1.807, 2.05) is 49.4 Å². The fourth-order valence-electron chi connectivity index (χ4n) is 3.17. The molecule has 0 bridgehead atoms. The molecular weight excluding hydrogens is 324 g/mol. The highest BCUT2D eigenvalue weighted by Crippen LogP contribution is 2.26. The molecule has 26 heavy (non-hydrogen) atoms. The van der Waals surface area contributed by atoms with Crippen molar-refractivity contribution in [1.29, 1.82) is 0 Å². The average Bonchev–Trinajstić information content (AvgIpc) is 2.67. The van der Waals surface area contributed by atoms with Gasteiger partial charge in [0.05, 0.1) is 12.7 Å². The number of benzene rings is 2. The second kappa shape index (κ2) is 9.39. The maximum Gasteiger partial charge on any atom is 0.282 e.